The highest BCUT2D eigenvalue weighted by Crippen LogP contribution is 2.27. The number of rotatable bonds is 3. The Kier molecular flexibility index (Phi) is 3.58. The van der Waals surface area contributed by atoms with Crippen molar-refractivity contribution >= 4 is 33.1 Å². The van der Waals surface area contributed by atoms with Crippen molar-refractivity contribution in [1.82, 2.24) is 4.98 Å². The fourth-order valence-electron chi connectivity index (χ4n) is 2.14. The average molecular weight is 298 g/mol. The molecule has 2 aromatic carbocycles. The Morgan fingerprint density at radius 2 is 1.95 bits per heavy atom. The summed E-state index contributed by atoms with van der Waals surface area (Å²) in [6, 6.07) is 11.6. The molecular formula is C16H14N2O2S. The molecule has 0 spiro atoms. The fourth-order valence-corrected chi connectivity index (χ4v) is 2.80. The first-order valence-corrected chi connectivity index (χ1v) is 7.29. The number of amides is 1. The van der Waals surface area contributed by atoms with Gasteiger partial charge in [-0.2, -0.15) is 0 Å². The molecule has 0 saturated heterocycles. The van der Waals surface area contributed by atoms with Crippen molar-refractivity contribution in [1.29, 1.82) is 0 Å². The quantitative estimate of drug-likeness (QED) is 0.798. The SMILES string of the molecule is COc1cc2ccccc2cc1C(=O)Nc1ncc(C)s1. The van der Waals surface area contributed by atoms with Gasteiger partial charge in [0.15, 0.2) is 5.13 Å². The van der Waals surface area contributed by atoms with Crippen LogP contribution in [-0.2, 0) is 0 Å². The Morgan fingerprint density at radius 3 is 2.57 bits per heavy atom. The number of aromatic nitrogens is 1. The van der Waals surface area contributed by atoms with Gasteiger partial charge in [-0.3, -0.25) is 10.1 Å². The molecule has 1 heterocycles. The molecule has 0 bridgehead atoms. The van der Waals surface area contributed by atoms with Gasteiger partial charge in [0, 0.05) is 11.1 Å². The molecule has 5 heteroatoms. The van der Waals surface area contributed by atoms with Gasteiger partial charge in [-0.15, -0.1) is 11.3 Å². The van der Waals surface area contributed by atoms with E-state index in [4.69, 9.17) is 4.74 Å². The number of carbonyl (C=O) groups excluding carboxylic acids is 1. The minimum absolute atomic E-state index is 0.216. The fraction of sp³-hybridized carbons (Fsp3) is 0.125. The summed E-state index contributed by atoms with van der Waals surface area (Å²) in [7, 11) is 1.56. The van der Waals surface area contributed by atoms with Crippen LogP contribution < -0.4 is 10.1 Å². The van der Waals surface area contributed by atoms with Crippen molar-refractivity contribution in [3.05, 3.63) is 53.0 Å². The van der Waals surface area contributed by atoms with E-state index in [-0.39, 0.29) is 5.91 Å². The van der Waals surface area contributed by atoms with E-state index in [1.807, 2.05) is 43.3 Å². The summed E-state index contributed by atoms with van der Waals surface area (Å²) in [5, 5.41) is 5.43. The molecule has 0 radical (unpaired) electrons. The molecular weight excluding hydrogens is 284 g/mol. The van der Waals surface area contributed by atoms with Gasteiger partial charge in [0.2, 0.25) is 0 Å². The first-order chi connectivity index (χ1) is 10.2. The monoisotopic (exact) mass is 298 g/mol. The smallest absolute Gasteiger partial charge is 0.261 e. The number of fused-ring (bicyclic) bond motifs is 1. The number of carbonyl (C=O) groups is 1. The Morgan fingerprint density at radius 1 is 1.24 bits per heavy atom. The van der Waals surface area contributed by atoms with Crippen molar-refractivity contribution in [3.63, 3.8) is 0 Å². The van der Waals surface area contributed by atoms with Crippen LogP contribution in [0.4, 0.5) is 5.13 Å². The largest absolute Gasteiger partial charge is 0.496 e. The van der Waals surface area contributed by atoms with Crippen LogP contribution in [-0.4, -0.2) is 18.0 Å². The molecule has 0 fully saturated rings. The van der Waals surface area contributed by atoms with Gasteiger partial charge >= 0.3 is 0 Å². The molecule has 0 aliphatic carbocycles. The highest BCUT2D eigenvalue weighted by molar-refractivity contribution is 7.15. The summed E-state index contributed by atoms with van der Waals surface area (Å²) in [4.78, 5) is 17.6. The van der Waals surface area contributed by atoms with Gasteiger partial charge in [-0.25, -0.2) is 4.98 Å². The second-order valence-corrected chi connectivity index (χ2v) is 5.86. The molecule has 1 amide bonds. The maximum atomic E-state index is 12.4. The zero-order chi connectivity index (χ0) is 14.8. The Balaban J connectivity index is 1.99. The number of aryl methyl sites for hydroxylation is 1. The first-order valence-electron chi connectivity index (χ1n) is 6.48. The number of methoxy groups -OCH3 is 1. The van der Waals surface area contributed by atoms with Crippen LogP contribution in [0.15, 0.2) is 42.6 Å². The number of nitrogens with one attached hydrogen (secondary N) is 1. The van der Waals surface area contributed by atoms with Crippen molar-refractivity contribution in [2.45, 2.75) is 6.92 Å². The lowest BCUT2D eigenvalue weighted by Gasteiger charge is -2.09. The number of thiazole rings is 1. The van der Waals surface area contributed by atoms with Gasteiger partial charge < -0.3 is 4.74 Å². The first kappa shape index (κ1) is 13.6. The van der Waals surface area contributed by atoms with Crippen molar-refractivity contribution < 1.29 is 9.53 Å². The molecule has 0 saturated carbocycles. The summed E-state index contributed by atoms with van der Waals surface area (Å²) in [5.41, 5.74) is 0.504. The van der Waals surface area contributed by atoms with E-state index in [0.717, 1.165) is 15.6 Å². The van der Waals surface area contributed by atoms with Crippen molar-refractivity contribution in [2.24, 2.45) is 0 Å². The van der Waals surface area contributed by atoms with E-state index in [1.54, 1.807) is 13.3 Å². The number of ether oxygens (including phenoxy) is 1. The highest BCUT2D eigenvalue weighted by Gasteiger charge is 2.15. The van der Waals surface area contributed by atoms with Gasteiger partial charge in [-0.1, -0.05) is 24.3 Å². The molecule has 3 rings (SSSR count). The van der Waals surface area contributed by atoms with Crippen molar-refractivity contribution in [2.75, 3.05) is 12.4 Å². The van der Waals surface area contributed by atoms with Gasteiger partial charge in [-0.05, 0) is 29.8 Å². The molecule has 4 nitrogen and oxygen atoms in total. The minimum Gasteiger partial charge on any atom is -0.496 e. The molecule has 3 aromatic rings. The third-order valence-electron chi connectivity index (χ3n) is 3.15. The third-order valence-corrected chi connectivity index (χ3v) is 3.98. The number of hydrogen-bond donors (Lipinski definition) is 1. The van der Waals surface area contributed by atoms with E-state index >= 15 is 0 Å². The van der Waals surface area contributed by atoms with Crippen LogP contribution in [0.5, 0.6) is 5.75 Å². The maximum absolute atomic E-state index is 12.4. The highest BCUT2D eigenvalue weighted by atomic mass is 32.1. The lowest BCUT2D eigenvalue weighted by molar-refractivity contribution is 0.102. The van der Waals surface area contributed by atoms with Crippen LogP contribution in [0.1, 0.15) is 15.2 Å². The number of nitrogens with zero attached hydrogens (tertiary/aromatic N) is 1. The van der Waals surface area contributed by atoms with E-state index in [9.17, 15) is 4.79 Å². The number of anilines is 1. The van der Waals surface area contributed by atoms with Crippen LogP contribution in [0, 0.1) is 6.92 Å². The third kappa shape index (κ3) is 2.73. The number of hydrogen-bond acceptors (Lipinski definition) is 4. The van der Waals surface area contributed by atoms with E-state index in [1.165, 1.54) is 11.3 Å². The summed E-state index contributed by atoms with van der Waals surface area (Å²) in [6.45, 7) is 1.95. The van der Waals surface area contributed by atoms with Crippen molar-refractivity contribution in [3.8, 4) is 5.75 Å². The van der Waals surface area contributed by atoms with E-state index in [0.29, 0.717) is 16.4 Å². The molecule has 0 atom stereocenters. The van der Waals surface area contributed by atoms with E-state index in [2.05, 4.69) is 10.3 Å². The van der Waals surface area contributed by atoms with Crippen LogP contribution in [0.25, 0.3) is 10.8 Å². The summed E-state index contributed by atoms with van der Waals surface area (Å²) >= 11 is 1.44. The Hall–Kier alpha value is -2.40. The molecule has 21 heavy (non-hydrogen) atoms. The summed E-state index contributed by atoms with van der Waals surface area (Å²) in [5.74, 6) is 0.339. The van der Waals surface area contributed by atoms with Gasteiger partial charge in [0.1, 0.15) is 5.75 Å². The minimum atomic E-state index is -0.216. The number of benzene rings is 2. The molecule has 1 N–H and O–H groups in total. The lowest BCUT2D eigenvalue weighted by Crippen LogP contribution is -2.13. The zero-order valence-corrected chi connectivity index (χ0v) is 12.5. The average Bonchev–Trinajstić information content (AvgIpc) is 2.90. The second kappa shape index (κ2) is 5.54. The van der Waals surface area contributed by atoms with Gasteiger partial charge in [0.05, 0.1) is 12.7 Å². The standard InChI is InChI=1S/C16H14N2O2S/c1-10-9-17-16(21-10)18-15(19)13-7-11-5-3-4-6-12(11)8-14(13)20-2/h3-9H,1-2H3,(H,17,18,19). The second-order valence-electron chi connectivity index (χ2n) is 4.63. The van der Waals surface area contributed by atoms with Crippen LogP contribution >= 0.6 is 11.3 Å². The Bertz CT molecular complexity index is 811. The summed E-state index contributed by atoms with van der Waals surface area (Å²) < 4.78 is 5.34. The predicted octanol–water partition coefficient (Wildman–Crippen LogP) is 3.87. The topological polar surface area (TPSA) is 51.2 Å². The maximum Gasteiger partial charge on any atom is 0.261 e. The van der Waals surface area contributed by atoms with Crippen LogP contribution in [0.2, 0.25) is 0 Å². The zero-order valence-electron chi connectivity index (χ0n) is 11.7. The van der Waals surface area contributed by atoms with Gasteiger partial charge in [0.25, 0.3) is 5.91 Å². The normalized spacial score (nSPS) is 10.6. The summed E-state index contributed by atoms with van der Waals surface area (Å²) in [6.07, 6.45) is 1.73. The lowest BCUT2D eigenvalue weighted by atomic mass is 10.1. The predicted molar refractivity (Wildman–Crippen MR) is 85.3 cm³/mol. The van der Waals surface area contributed by atoms with Crippen LogP contribution in [0.3, 0.4) is 0 Å². The molecule has 0 aliphatic rings. The molecule has 0 aliphatic heterocycles. The molecule has 0 unspecified atom stereocenters. The molecule has 106 valence electrons. The van der Waals surface area contributed by atoms with E-state index < -0.39 is 0 Å². The molecule has 1 aromatic heterocycles. The Labute approximate surface area is 126 Å².